The lowest BCUT2D eigenvalue weighted by Gasteiger charge is -2.40. The third-order valence-corrected chi connectivity index (χ3v) is 6.68. The average molecular weight is 287 g/mol. The Balaban J connectivity index is 1.57. The Hall–Kier alpha value is -1.38. The minimum Gasteiger partial charge on any atom is -0.486 e. The van der Waals surface area contributed by atoms with Crippen LogP contribution < -0.4 is 14.8 Å². The molecule has 1 heterocycles. The molecule has 1 aromatic carbocycles. The SMILES string of the molecule is CC1(C)C2CCC1(C)C(Nc1ccc3c(c1)OCCO3)C2. The van der Waals surface area contributed by atoms with E-state index >= 15 is 0 Å². The smallest absolute Gasteiger partial charge is 0.163 e. The van der Waals surface area contributed by atoms with Crippen LogP contribution in [0.15, 0.2) is 18.2 Å². The molecular formula is C18H25NO2. The topological polar surface area (TPSA) is 30.5 Å². The van der Waals surface area contributed by atoms with Gasteiger partial charge < -0.3 is 14.8 Å². The zero-order valence-electron chi connectivity index (χ0n) is 13.2. The van der Waals surface area contributed by atoms with Gasteiger partial charge in [0.15, 0.2) is 11.5 Å². The highest BCUT2D eigenvalue weighted by atomic mass is 16.6. The Bertz CT molecular complexity index is 568. The van der Waals surface area contributed by atoms with Gasteiger partial charge >= 0.3 is 0 Å². The number of ether oxygens (including phenoxy) is 2. The number of hydrogen-bond acceptors (Lipinski definition) is 3. The molecule has 0 amide bonds. The lowest BCUT2D eigenvalue weighted by molar-refractivity contribution is 0.142. The molecule has 4 rings (SSSR count). The Labute approximate surface area is 127 Å². The predicted molar refractivity (Wildman–Crippen MR) is 84.1 cm³/mol. The molecule has 0 saturated heterocycles. The van der Waals surface area contributed by atoms with Crippen molar-refractivity contribution in [3.8, 4) is 11.5 Å². The first-order valence-corrected chi connectivity index (χ1v) is 8.17. The summed E-state index contributed by atoms with van der Waals surface area (Å²) in [5.74, 6) is 2.60. The minimum atomic E-state index is 0.394. The highest BCUT2D eigenvalue weighted by Gasteiger charge is 2.61. The maximum Gasteiger partial charge on any atom is 0.163 e. The Morgan fingerprint density at radius 2 is 1.86 bits per heavy atom. The fourth-order valence-electron chi connectivity index (χ4n) is 4.76. The van der Waals surface area contributed by atoms with Crippen LogP contribution in [0, 0.1) is 16.7 Å². The second-order valence-electron chi connectivity index (χ2n) is 7.67. The van der Waals surface area contributed by atoms with Crippen molar-refractivity contribution in [1.29, 1.82) is 0 Å². The third-order valence-electron chi connectivity index (χ3n) is 6.68. The summed E-state index contributed by atoms with van der Waals surface area (Å²) in [5, 5.41) is 3.78. The van der Waals surface area contributed by atoms with E-state index in [-0.39, 0.29) is 0 Å². The van der Waals surface area contributed by atoms with Gasteiger partial charge in [-0.3, -0.25) is 0 Å². The van der Waals surface area contributed by atoms with Crippen molar-refractivity contribution >= 4 is 5.69 Å². The molecular weight excluding hydrogens is 262 g/mol. The van der Waals surface area contributed by atoms with Crippen molar-refractivity contribution in [3.05, 3.63) is 18.2 Å². The number of rotatable bonds is 2. The Kier molecular flexibility index (Phi) is 2.73. The molecule has 2 bridgehead atoms. The largest absolute Gasteiger partial charge is 0.486 e. The first kappa shape index (κ1) is 13.3. The van der Waals surface area contributed by atoms with Crippen molar-refractivity contribution in [3.63, 3.8) is 0 Å². The first-order valence-electron chi connectivity index (χ1n) is 8.17. The molecule has 3 aliphatic rings. The fraction of sp³-hybridized carbons (Fsp3) is 0.667. The first-order chi connectivity index (χ1) is 10.0. The minimum absolute atomic E-state index is 0.394. The molecule has 3 atom stereocenters. The molecule has 3 heteroatoms. The molecule has 2 saturated carbocycles. The molecule has 0 radical (unpaired) electrons. The van der Waals surface area contributed by atoms with Gasteiger partial charge in [-0.1, -0.05) is 20.8 Å². The summed E-state index contributed by atoms with van der Waals surface area (Å²) >= 11 is 0. The normalized spacial score (nSPS) is 35.8. The van der Waals surface area contributed by atoms with Crippen molar-refractivity contribution in [2.45, 2.75) is 46.1 Å². The molecule has 1 N–H and O–H groups in total. The van der Waals surface area contributed by atoms with Crippen LogP contribution in [0.25, 0.3) is 0 Å². The third kappa shape index (κ3) is 1.79. The van der Waals surface area contributed by atoms with E-state index in [4.69, 9.17) is 9.47 Å². The molecule has 1 aromatic rings. The number of benzene rings is 1. The molecule has 3 unspecified atom stereocenters. The van der Waals surface area contributed by atoms with Crippen LogP contribution in [0.2, 0.25) is 0 Å². The lowest BCUT2D eigenvalue weighted by Crippen LogP contribution is -2.40. The number of nitrogens with one attached hydrogen (secondary N) is 1. The van der Waals surface area contributed by atoms with Gasteiger partial charge in [0.05, 0.1) is 0 Å². The summed E-state index contributed by atoms with van der Waals surface area (Å²) in [7, 11) is 0. The van der Waals surface area contributed by atoms with E-state index in [9.17, 15) is 0 Å². The maximum atomic E-state index is 5.69. The summed E-state index contributed by atoms with van der Waals surface area (Å²) in [5.41, 5.74) is 2.00. The van der Waals surface area contributed by atoms with E-state index < -0.39 is 0 Å². The quantitative estimate of drug-likeness (QED) is 0.889. The molecule has 3 nitrogen and oxygen atoms in total. The molecule has 2 aliphatic carbocycles. The van der Waals surface area contributed by atoms with Gasteiger partial charge in [0, 0.05) is 17.8 Å². The van der Waals surface area contributed by atoms with Gasteiger partial charge in [-0.2, -0.15) is 0 Å². The second kappa shape index (κ2) is 4.31. The van der Waals surface area contributed by atoms with Crippen LogP contribution in [-0.4, -0.2) is 19.3 Å². The fourth-order valence-corrected chi connectivity index (χ4v) is 4.76. The average Bonchev–Trinajstić information content (AvgIpc) is 2.80. The van der Waals surface area contributed by atoms with E-state index in [0.29, 0.717) is 30.1 Å². The van der Waals surface area contributed by atoms with Crippen molar-refractivity contribution < 1.29 is 9.47 Å². The monoisotopic (exact) mass is 287 g/mol. The Morgan fingerprint density at radius 1 is 1.10 bits per heavy atom. The van der Waals surface area contributed by atoms with Crippen molar-refractivity contribution in [2.24, 2.45) is 16.7 Å². The van der Waals surface area contributed by atoms with Gasteiger partial charge in [0.25, 0.3) is 0 Å². The number of anilines is 1. The molecule has 2 fully saturated rings. The van der Waals surface area contributed by atoms with E-state index in [2.05, 4.69) is 38.2 Å². The van der Waals surface area contributed by atoms with E-state index in [1.54, 1.807) is 0 Å². The molecule has 21 heavy (non-hydrogen) atoms. The van der Waals surface area contributed by atoms with Crippen LogP contribution in [-0.2, 0) is 0 Å². The van der Waals surface area contributed by atoms with E-state index in [0.717, 1.165) is 23.1 Å². The van der Waals surface area contributed by atoms with E-state index in [1.165, 1.54) is 19.3 Å². The van der Waals surface area contributed by atoms with Gasteiger partial charge in [-0.25, -0.2) is 0 Å². The second-order valence-corrected chi connectivity index (χ2v) is 7.67. The van der Waals surface area contributed by atoms with Crippen LogP contribution >= 0.6 is 0 Å². The van der Waals surface area contributed by atoms with Gasteiger partial charge in [-0.05, 0) is 48.1 Å². The summed E-state index contributed by atoms with van der Waals surface area (Å²) < 4.78 is 11.3. The molecule has 1 aliphatic heterocycles. The van der Waals surface area contributed by atoms with Gasteiger partial charge in [-0.15, -0.1) is 0 Å². The molecule has 0 aromatic heterocycles. The van der Waals surface area contributed by atoms with Crippen molar-refractivity contribution in [2.75, 3.05) is 18.5 Å². The number of hydrogen-bond donors (Lipinski definition) is 1. The standard InChI is InChI=1S/C18H25NO2/c1-17(2)12-6-7-18(17,3)16(10-12)19-13-4-5-14-15(11-13)21-9-8-20-14/h4-5,11-12,16,19H,6-10H2,1-3H3. The van der Waals surface area contributed by atoms with Gasteiger partial charge in [0.2, 0.25) is 0 Å². The molecule has 0 spiro atoms. The summed E-state index contributed by atoms with van der Waals surface area (Å²) in [6, 6.07) is 6.80. The van der Waals surface area contributed by atoms with Crippen LogP contribution in [0.3, 0.4) is 0 Å². The van der Waals surface area contributed by atoms with Crippen molar-refractivity contribution in [1.82, 2.24) is 0 Å². The van der Waals surface area contributed by atoms with Gasteiger partial charge in [0.1, 0.15) is 13.2 Å². The van der Waals surface area contributed by atoms with E-state index in [1.807, 2.05) is 6.07 Å². The summed E-state index contributed by atoms with van der Waals surface area (Å²) in [4.78, 5) is 0. The Morgan fingerprint density at radius 3 is 2.52 bits per heavy atom. The summed E-state index contributed by atoms with van der Waals surface area (Å²) in [6.45, 7) is 8.67. The van der Waals surface area contributed by atoms with Crippen LogP contribution in [0.1, 0.15) is 40.0 Å². The highest BCUT2D eigenvalue weighted by molar-refractivity contribution is 5.56. The lowest BCUT2D eigenvalue weighted by atomic mass is 9.69. The number of fused-ring (bicyclic) bond motifs is 3. The highest BCUT2D eigenvalue weighted by Crippen LogP contribution is 2.65. The van der Waals surface area contributed by atoms with Crippen LogP contribution in [0.5, 0.6) is 11.5 Å². The summed E-state index contributed by atoms with van der Waals surface area (Å²) in [6.07, 6.45) is 4.02. The maximum absolute atomic E-state index is 5.69. The molecule has 114 valence electrons. The zero-order valence-corrected chi connectivity index (χ0v) is 13.2. The predicted octanol–water partition coefficient (Wildman–Crippen LogP) is 4.08. The van der Waals surface area contributed by atoms with Crippen LogP contribution in [0.4, 0.5) is 5.69 Å². The zero-order chi connectivity index (χ0) is 14.7.